The van der Waals surface area contributed by atoms with E-state index in [-0.39, 0.29) is 28.9 Å². The SMILES string of the molecule is N=C(N)N1CCCC(CNC(=O)C(Cc2c[nH]c3ccccc23)NS(=O)(=O)c2ccc([N+](=O)[O-])cc2)C1. The lowest BCUT2D eigenvalue weighted by Crippen LogP contribution is -2.51. The Morgan fingerprint density at radius 2 is 1.97 bits per heavy atom. The molecule has 0 spiro atoms. The number of sulfonamides is 1. The first kappa shape index (κ1) is 26.1. The topological polar surface area (TPSA) is 187 Å². The number of nitrogens with two attached hydrogens (primary N) is 1. The number of benzene rings is 2. The maximum atomic E-state index is 13.3. The second-order valence-electron chi connectivity index (χ2n) is 9.07. The first-order valence-electron chi connectivity index (χ1n) is 11.8. The van der Waals surface area contributed by atoms with Crippen LogP contribution in [0.2, 0.25) is 0 Å². The second-order valence-corrected chi connectivity index (χ2v) is 10.8. The van der Waals surface area contributed by atoms with Gasteiger partial charge in [0.05, 0.1) is 9.82 Å². The van der Waals surface area contributed by atoms with E-state index in [1.165, 1.54) is 0 Å². The first-order valence-corrected chi connectivity index (χ1v) is 13.3. The van der Waals surface area contributed by atoms with Crippen LogP contribution in [-0.2, 0) is 21.2 Å². The molecule has 37 heavy (non-hydrogen) atoms. The van der Waals surface area contributed by atoms with Gasteiger partial charge < -0.3 is 20.9 Å². The molecule has 0 saturated carbocycles. The number of aromatic nitrogens is 1. The summed E-state index contributed by atoms with van der Waals surface area (Å²) in [6.07, 6.45) is 3.53. The van der Waals surface area contributed by atoms with E-state index in [1.54, 1.807) is 11.1 Å². The molecule has 1 aliphatic rings. The smallest absolute Gasteiger partial charge is 0.269 e. The van der Waals surface area contributed by atoms with Crippen LogP contribution in [0.3, 0.4) is 0 Å². The maximum Gasteiger partial charge on any atom is 0.269 e. The van der Waals surface area contributed by atoms with Crippen LogP contribution in [0.25, 0.3) is 10.9 Å². The summed E-state index contributed by atoms with van der Waals surface area (Å²) in [6.45, 7) is 1.54. The lowest BCUT2D eigenvalue weighted by atomic mass is 9.98. The molecule has 0 bridgehead atoms. The number of carbonyl (C=O) groups is 1. The van der Waals surface area contributed by atoms with Gasteiger partial charge in [0.25, 0.3) is 5.69 Å². The summed E-state index contributed by atoms with van der Waals surface area (Å²) in [6, 6.07) is 10.9. The summed E-state index contributed by atoms with van der Waals surface area (Å²) in [5.41, 5.74) is 7.00. The Kier molecular flexibility index (Phi) is 7.74. The fourth-order valence-corrected chi connectivity index (χ4v) is 5.72. The van der Waals surface area contributed by atoms with Crippen LogP contribution in [0.5, 0.6) is 0 Å². The van der Waals surface area contributed by atoms with E-state index < -0.39 is 26.9 Å². The van der Waals surface area contributed by atoms with Crippen molar-refractivity contribution in [2.24, 2.45) is 11.7 Å². The highest BCUT2D eigenvalue weighted by molar-refractivity contribution is 7.89. The Morgan fingerprint density at radius 1 is 1.24 bits per heavy atom. The molecule has 0 aliphatic carbocycles. The molecular weight excluding hydrogens is 498 g/mol. The molecule has 2 atom stereocenters. The molecule has 6 N–H and O–H groups in total. The van der Waals surface area contributed by atoms with Gasteiger partial charge in [-0.15, -0.1) is 0 Å². The average molecular weight is 528 g/mol. The number of fused-ring (bicyclic) bond motifs is 1. The molecule has 2 heterocycles. The molecule has 1 aromatic heterocycles. The van der Waals surface area contributed by atoms with Gasteiger partial charge in [0.1, 0.15) is 6.04 Å². The normalized spacial score (nSPS) is 16.9. The molecule has 1 fully saturated rings. The summed E-state index contributed by atoms with van der Waals surface area (Å²) in [5, 5.41) is 22.3. The van der Waals surface area contributed by atoms with Crippen LogP contribution in [0.15, 0.2) is 59.6 Å². The van der Waals surface area contributed by atoms with Gasteiger partial charge in [-0.05, 0) is 48.9 Å². The van der Waals surface area contributed by atoms with Crippen molar-refractivity contribution < 1.29 is 18.1 Å². The van der Waals surface area contributed by atoms with Gasteiger partial charge in [0, 0.05) is 48.9 Å². The molecule has 3 aromatic rings. The number of aromatic amines is 1. The Balaban J connectivity index is 1.53. The number of nitro benzene ring substituents is 1. The van der Waals surface area contributed by atoms with Crippen molar-refractivity contribution >= 4 is 38.5 Å². The third-order valence-corrected chi connectivity index (χ3v) is 7.98. The predicted molar refractivity (Wildman–Crippen MR) is 138 cm³/mol. The quantitative estimate of drug-likeness (QED) is 0.121. The van der Waals surface area contributed by atoms with Crippen molar-refractivity contribution in [3.05, 3.63) is 70.4 Å². The number of likely N-dealkylation sites (tertiary alicyclic amines) is 1. The monoisotopic (exact) mass is 527 g/mol. The number of nitrogens with zero attached hydrogens (tertiary/aromatic N) is 2. The minimum atomic E-state index is -4.16. The van der Waals surface area contributed by atoms with Crippen LogP contribution < -0.4 is 15.8 Å². The number of hydrogen-bond donors (Lipinski definition) is 5. The summed E-state index contributed by atoms with van der Waals surface area (Å²) in [4.78, 5) is 28.3. The molecule has 2 aromatic carbocycles. The van der Waals surface area contributed by atoms with Crippen LogP contribution in [0.1, 0.15) is 18.4 Å². The van der Waals surface area contributed by atoms with Crippen LogP contribution in [-0.4, -0.2) is 60.8 Å². The zero-order valence-corrected chi connectivity index (χ0v) is 20.8. The Bertz CT molecular complexity index is 1400. The molecule has 12 nitrogen and oxygen atoms in total. The Labute approximate surface area is 213 Å². The molecule has 4 rings (SSSR count). The number of nitro groups is 1. The number of piperidine rings is 1. The molecular formula is C24H29N7O5S. The molecule has 2 unspecified atom stereocenters. The number of amides is 1. The number of non-ortho nitro benzene ring substituents is 1. The molecule has 1 saturated heterocycles. The zero-order chi connectivity index (χ0) is 26.6. The van der Waals surface area contributed by atoms with Crippen LogP contribution in [0.4, 0.5) is 5.69 Å². The maximum absolute atomic E-state index is 13.3. The van der Waals surface area contributed by atoms with Gasteiger partial charge in [-0.25, -0.2) is 8.42 Å². The highest BCUT2D eigenvalue weighted by atomic mass is 32.2. The van der Waals surface area contributed by atoms with Crippen LogP contribution >= 0.6 is 0 Å². The third-order valence-electron chi connectivity index (χ3n) is 6.50. The van der Waals surface area contributed by atoms with E-state index in [1.807, 2.05) is 24.3 Å². The number of hydrogen-bond acceptors (Lipinski definition) is 6. The number of guanidine groups is 1. The van der Waals surface area contributed by atoms with Crippen molar-refractivity contribution in [1.82, 2.24) is 19.9 Å². The fourth-order valence-electron chi connectivity index (χ4n) is 4.53. The lowest BCUT2D eigenvalue weighted by Gasteiger charge is -2.33. The number of H-pyrrole nitrogens is 1. The summed E-state index contributed by atoms with van der Waals surface area (Å²) < 4.78 is 28.8. The fraction of sp³-hybridized carbons (Fsp3) is 0.333. The molecule has 13 heteroatoms. The molecule has 1 amide bonds. The van der Waals surface area contributed by atoms with Crippen LogP contribution in [0, 0.1) is 21.4 Å². The first-order chi connectivity index (χ1) is 17.6. The van der Waals surface area contributed by atoms with E-state index in [9.17, 15) is 23.3 Å². The van der Waals surface area contributed by atoms with E-state index in [0.29, 0.717) is 19.6 Å². The summed E-state index contributed by atoms with van der Waals surface area (Å²) >= 11 is 0. The van der Waals surface area contributed by atoms with Crippen molar-refractivity contribution in [2.45, 2.75) is 30.2 Å². The highest BCUT2D eigenvalue weighted by Gasteiger charge is 2.29. The Morgan fingerprint density at radius 3 is 2.68 bits per heavy atom. The van der Waals surface area contributed by atoms with Crippen molar-refractivity contribution in [3.8, 4) is 0 Å². The summed E-state index contributed by atoms with van der Waals surface area (Å²) in [7, 11) is -4.16. The van der Waals surface area contributed by atoms with Gasteiger partial charge >= 0.3 is 0 Å². The van der Waals surface area contributed by atoms with Crippen molar-refractivity contribution in [2.75, 3.05) is 19.6 Å². The van der Waals surface area contributed by atoms with Crippen molar-refractivity contribution in [1.29, 1.82) is 5.41 Å². The van der Waals surface area contributed by atoms with Crippen molar-refractivity contribution in [3.63, 3.8) is 0 Å². The largest absolute Gasteiger partial charge is 0.370 e. The summed E-state index contributed by atoms with van der Waals surface area (Å²) in [5.74, 6) is -0.429. The van der Waals surface area contributed by atoms with E-state index in [0.717, 1.165) is 53.6 Å². The second kappa shape index (κ2) is 11.0. The van der Waals surface area contributed by atoms with E-state index in [2.05, 4.69) is 15.0 Å². The minimum absolute atomic E-state index is 0.0101. The average Bonchev–Trinajstić information content (AvgIpc) is 3.29. The van der Waals surface area contributed by atoms with Gasteiger partial charge in [0.15, 0.2) is 5.96 Å². The molecule has 0 radical (unpaired) electrons. The van der Waals surface area contributed by atoms with Gasteiger partial charge in [-0.3, -0.25) is 20.3 Å². The van der Waals surface area contributed by atoms with Gasteiger partial charge in [-0.2, -0.15) is 4.72 Å². The highest BCUT2D eigenvalue weighted by Crippen LogP contribution is 2.21. The predicted octanol–water partition coefficient (Wildman–Crippen LogP) is 1.69. The van der Waals surface area contributed by atoms with E-state index in [4.69, 9.17) is 11.1 Å². The molecule has 196 valence electrons. The number of rotatable bonds is 9. The van der Waals surface area contributed by atoms with E-state index >= 15 is 0 Å². The lowest BCUT2D eigenvalue weighted by molar-refractivity contribution is -0.384. The third kappa shape index (κ3) is 6.24. The van der Waals surface area contributed by atoms with Gasteiger partial charge in [-0.1, -0.05) is 18.2 Å². The van der Waals surface area contributed by atoms with Gasteiger partial charge in [0.2, 0.25) is 15.9 Å². The number of para-hydroxylation sites is 1. The standard InChI is InChI=1S/C24H29N7O5S/c25-24(26)30-11-3-4-16(15-30)13-28-23(32)22(12-17-14-27-21-6-2-1-5-20(17)21)29-37(35,36)19-9-7-18(8-10-19)31(33)34/h1-2,5-10,14,16,22,27,29H,3-4,11-13,15H2,(H3,25,26)(H,28,32). The number of nitrogens with one attached hydrogen (secondary N) is 4. The number of carbonyl (C=O) groups excluding carboxylic acids is 1. The minimum Gasteiger partial charge on any atom is -0.370 e. The zero-order valence-electron chi connectivity index (χ0n) is 20.0. The Hall–Kier alpha value is -3.97. The molecule has 1 aliphatic heterocycles.